The third-order valence-corrected chi connectivity index (χ3v) is 3.65. The van der Waals surface area contributed by atoms with E-state index in [-0.39, 0.29) is 11.7 Å². The molecule has 0 radical (unpaired) electrons. The van der Waals surface area contributed by atoms with Gasteiger partial charge in [-0.3, -0.25) is 4.79 Å². The summed E-state index contributed by atoms with van der Waals surface area (Å²) in [5, 5.41) is 3.29. The molecule has 1 atom stereocenters. The molecular weight excluding hydrogens is 214 g/mol. The minimum atomic E-state index is 0.124. The number of hydrogen-bond donors (Lipinski definition) is 1. The van der Waals surface area contributed by atoms with Gasteiger partial charge in [-0.25, -0.2) is 0 Å². The van der Waals surface area contributed by atoms with Gasteiger partial charge in [0.1, 0.15) is 5.75 Å². The second-order valence-electron chi connectivity index (χ2n) is 4.80. The van der Waals surface area contributed by atoms with Crippen LogP contribution in [0.1, 0.15) is 28.8 Å². The minimum Gasteiger partial charge on any atom is -0.492 e. The minimum absolute atomic E-state index is 0.124. The Bertz CT molecular complexity index is 436. The van der Waals surface area contributed by atoms with E-state index in [0.29, 0.717) is 6.61 Å². The monoisotopic (exact) mass is 231 g/mol. The summed E-state index contributed by atoms with van der Waals surface area (Å²) in [4.78, 5) is 12.4. The Labute approximate surface area is 101 Å². The fraction of sp³-hybridized carbons (Fsp3) is 0.500. The highest BCUT2D eigenvalue weighted by Crippen LogP contribution is 2.31. The molecule has 17 heavy (non-hydrogen) atoms. The molecule has 2 aliphatic rings. The summed E-state index contributed by atoms with van der Waals surface area (Å²) < 4.78 is 5.60. The number of carbonyl (C=O) groups excluding carboxylic acids is 1. The van der Waals surface area contributed by atoms with Crippen LogP contribution in [-0.2, 0) is 6.42 Å². The summed E-state index contributed by atoms with van der Waals surface area (Å²) >= 11 is 0. The van der Waals surface area contributed by atoms with Crippen LogP contribution in [-0.4, -0.2) is 25.5 Å². The van der Waals surface area contributed by atoms with Crippen molar-refractivity contribution in [1.29, 1.82) is 0 Å². The van der Waals surface area contributed by atoms with E-state index in [9.17, 15) is 4.79 Å². The molecule has 1 aromatic rings. The summed E-state index contributed by atoms with van der Waals surface area (Å²) in [6, 6.07) is 5.93. The van der Waals surface area contributed by atoms with Crippen molar-refractivity contribution in [3.63, 3.8) is 0 Å². The van der Waals surface area contributed by atoms with Gasteiger partial charge >= 0.3 is 0 Å². The average molecular weight is 231 g/mol. The molecule has 1 aromatic carbocycles. The summed E-state index contributed by atoms with van der Waals surface area (Å²) in [7, 11) is 0. The summed E-state index contributed by atoms with van der Waals surface area (Å²) in [5.74, 6) is 1.21. The van der Waals surface area contributed by atoms with Crippen LogP contribution in [0.25, 0.3) is 0 Å². The van der Waals surface area contributed by atoms with Gasteiger partial charge in [-0.1, -0.05) is 12.1 Å². The summed E-state index contributed by atoms with van der Waals surface area (Å²) in [5.41, 5.74) is 1.97. The molecule has 3 rings (SSSR count). The second kappa shape index (κ2) is 4.49. The first-order chi connectivity index (χ1) is 8.36. The zero-order chi connectivity index (χ0) is 11.7. The normalized spacial score (nSPS) is 22.9. The molecule has 0 amide bonds. The van der Waals surface area contributed by atoms with Gasteiger partial charge in [-0.15, -0.1) is 0 Å². The van der Waals surface area contributed by atoms with Crippen molar-refractivity contribution in [3.8, 4) is 5.75 Å². The van der Waals surface area contributed by atoms with E-state index in [2.05, 4.69) is 11.4 Å². The number of piperidine rings is 1. The first kappa shape index (κ1) is 10.8. The van der Waals surface area contributed by atoms with Crippen LogP contribution < -0.4 is 10.1 Å². The van der Waals surface area contributed by atoms with Gasteiger partial charge in [0, 0.05) is 18.9 Å². The van der Waals surface area contributed by atoms with Crippen LogP contribution in [0, 0.1) is 5.92 Å². The zero-order valence-corrected chi connectivity index (χ0v) is 9.87. The fourth-order valence-corrected chi connectivity index (χ4v) is 2.70. The van der Waals surface area contributed by atoms with Crippen molar-refractivity contribution in [2.75, 3.05) is 19.7 Å². The molecule has 0 spiro atoms. The maximum absolute atomic E-state index is 12.4. The number of fused-ring (bicyclic) bond motifs is 1. The Balaban J connectivity index is 1.88. The van der Waals surface area contributed by atoms with Crippen molar-refractivity contribution in [2.45, 2.75) is 19.3 Å². The lowest BCUT2D eigenvalue weighted by atomic mass is 9.90. The molecule has 1 saturated heterocycles. The third-order valence-electron chi connectivity index (χ3n) is 3.65. The largest absolute Gasteiger partial charge is 0.492 e. The Morgan fingerprint density at radius 1 is 1.41 bits per heavy atom. The summed E-state index contributed by atoms with van der Waals surface area (Å²) in [6.45, 7) is 2.55. The molecule has 1 unspecified atom stereocenters. The van der Waals surface area contributed by atoms with E-state index >= 15 is 0 Å². The standard InChI is InChI=1S/C14H17NO2/c16-13(11-4-2-7-15-9-11)12-5-1-3-10-6-8-17-14(10)12/h1,3,5,11,15H,2,4,6-9H2. The molecule has 3 nitrogen and oxygen atoms in total. The Morgan fingerprint density at radius 3 is 3.18 bits per heavy atom. The Hall–Kier alpha value is -1.35. The topological polar surface area (TPSA) is 38.3 Å². The van der Waals surface area contributed by atoms with Gasteiger partial charge in [-0.05, 0) is 31.0 Å². The van der Waals surface area contributed by atoms with Gasteiger partial charge in [0.15, 0.2) is 5.78 Å². The third kappa shape index (κ3) is 1.95. The molecule has 0 saturated carbocycles. The van der Waals surface area contributed by atoms with Crippen LogP contribution in [0.4, 0.5) is 0 Å². The number of rotatable bonds is 2. The Kier molecular flexibility index (Phi) is 2.85. The molecule has 1 N–H and O–H groups in total. The molecule has 2 heterocycles. The number of nitrogens with one attached hydrogen (secondary N) is 1. The lowest BCUT2D eigenvalue weighted by Crippen LogP contribution is -2.34. The first-order valence-electron chi connectivity index (χ1n) is 6.36. The molecule has 2 aliphatic heterocycles. The van der Waals surface area contributed by atoms with Gasteiger partial charge in [0.25, 0.3) is 0 Å². The van der Waals surface area contributed by atoms with E-state index in [1.165, 1.54) is 5.56 Å². The average Bonchev–Trinajstić information content (AvgIpc) is 2.87. The predicted molar refractivity (Wildman–Crippen MR) is 65.6 cm³/mol. The van der Waals surface area contributed by atoms with Crippen LogP contribution in [0.3, 0.4) is 0 Å². The smallest absolute Gasteiger partial charge is 0.170 e. The van der Waals surface area contributed by atoms with E-state index in [1.54, 1.807) is 0 Å². The zero-order valence-electron chi connectivity index (χ0n) is 9.87. The van der Waals surface area contributed by atoms with Crippen molar-refractivity contribution in [2.24, 2.45) is 5.92 Å². The van der Waals surface area contributed by atoms with Crippen LogP contribution in [0.5, 0.6) is 5.75 Å². The number of ether oxygens (including phenoxy) is 1. The molecular formula is C14H17NO2. The quantitative estimate of drug-likeness (QED) is 0.789. The van der Waals surface area contributed by atoms with Crippen LogP contribution in [0.2, 0.25) is 0 Å². The lowest BCUT2D eigenvalue weighted by molar-refractivity contribution is 0.0896. The van der Waals surface area contributed by atoms with Crippen molar-refractivity contribution < 1.29 is 9.53 Å². The molecule has 0 aliphatic carbocycles. The maximum atomic E-state index is 12.4. The number of Topliss-reactive ketones (excluding diaryl/α,β-unsaturated/α-hetero) is 1. The fourth-order valence-electron chi connectivity index (χ4n) is 2.70. The number of benzene rings is 1. The van der Waals surface area contributed by atoms with E-state index in [4.69, 9.17) is 4.74 Å². The van der Waals surface area contributed by atoms with Crippen LogP contribution >= 0.6 is 0 Å². The second-order valence-corrected chi connectivity index (χ2v) is 4.80. The highest BCUT2D eigenvalue weighted by molar-refractivity contribution is 6.01. The van der Waals surface area contributed by atoms with E-state index in [1.807, 2.05) is 12.1 Å². The predicted octanol–water partition coefficient (Wildman–Crippen LogP) is 1.80. The number of ketones is 1. The van der Waals surface area contributed by atoms with Crippen molar-refractivity contribution >= 4 is 5.78 Å². The molecule has 1 fully saturated rings. The SMILES string of the molecule is O=C(c1cccc2c1OCC2)C1CCCNC1. The summed E-state index contributed by atoms with van der Waals surface area (Å²) in [6.07, 6.45) is 3.02. The van der Waals surface area contributed by atoms with Crippen molar-refractivity contribution in [3.05, 3.63) is 29.3 Å². The van der Waals surface area contributed by atoms with Gasteiger partial charge in [-0.2, -0.15) is 0 Å². The molecule has 90 valence electrons. The lowest BCUT2D eigenvalue weighted by Gasteiger charge is -2.22. The Morgan fingerprint density at radius 2 is 2.35 bits per heavy atom. The van der Waals surface area contributed by atoms with E-state index in [0.717, 1.165) is 43.7 Å². The van der Waals surface area contributed by atoms with Crippen molar-refractivity contribution in [1.82, 2.24) is 5.32 Å². The number of hydrogen-bond acceptors (Lipinski definition) is 3. The molecule has 3 heteroatoms. The number of carbonyl (C=O) groups is 1. The molecule has 0 bridgehead atoms. The maximum Gasteiger partial charge on any atom is 0.170 e. The van der Waals surface area contributed by atoms with E-state index < -0.39 is 0 Å². The van der Waals surface area contributed by atoms with Gasteiger partial charge in [0.05, 0.1) is 12.2 Å². The first-order valence-corrected chi connectivity index (χ1v) is 6.36. The van der Waals surface area contributed by atoms with Crippen LogP contribution in [0.15, 0.2) is 18.2 Å². The highest BCUT2D eigenvalue weighted by Gasteiger charge is 2.27. The number of para-hydroxylation sites is 1. The van der Waals surface area contributed by atoms with Gasteiger partial charge < -0.3 is 10.1 Å². The highest BCUT2D eigenvalue weighted by atomic mass is 16.5. The van der Waals surface area contributed by atoms with Gasteiger partial charge in [0.2, 0.25) is 0 Å². The molecule has 0 aromatic heterocycles.